The van der Waals surface area contributed by atoms with Crippen molar-refractivity contribution in [2.75, 3.05) is 11.6 Å². The van der Waals surface area contributed by atoms with Crippen molar-refractivity contribution in [1.82, 2.24) is 0 Å². The summed E-state index contributed by atoms with van der Waals surface area (Å²) < 4.78 is 24.7. The van der Waals surface area contributed by atoms with E-state index in [1.54, 1.807) is 18.2 Å². The molecule has 0 saturated carbocycles. The van der Waals surface area contributed by atoms with Crippen LogP contribution in [-0.2, 0) is 10.8 Å². The van der Waals surface area contributed by atoms with E-state index in [2.05, 4.69) is 5.32 Å². The Bertz CT molecular complexity index is 737. The third-order valence-electron chi connectivity index (χ3n) is 2.68. The molecule has 0 bridgehead atoms. The average Bonchev–Trinajstić information content (AvgIpc) is 2.37. The number of anilines is 1. The molecule has 0 aromatic heterocycles. The maximum absolute atomic E-state index is 13.0. The van der Waals surface area contributed by atoms with Crippen LogP contribution in [0.1, 0.15) is 10.4 Å². The molecule has 7 heteroatoms. The first-order valence-electron chi connectivity index (χ1n) is 5.78. The summed E-state index contributed by atoms with van der Waals surface area (Å²) in [5.41, 5.74) is 0.444. The van der Waals surface area contributed by atoms with Gasteiger partial charge in [-0.2, -0.15) is 0 Å². The van der Waals surface area contributed by atoms with Crippen LogP contribution < -0.4 is 5.32 Å². The Hall–Kier alpha value is -1.43. The lowest BCUT2D eigenvalue weighted by Gasteiger charge is -2.11. The van der Waals surface area contributed by atoms with Gasteiger partial charge in [0.2, 0.25) is 0 Å². The molecule has 3 nitrogen and oxygen atoms in total. The average molecular weight is 346 g/mol. The molecule has 0 aliphatic rings. The third kappa shape index (κ3) is 3.61. The summed E-state index contributed by atoms with van der Waals surface area (Å²) in [6, 6.07) is 8.25. The molecule has 0 unspecified atom stereocenters. The second-order valence-electron chi connectivity index (χ2n) is 4.15. The van der Waals surface area contributed by atoms with Crippen LogP contribution in [0.25, 0.3) is 0 Å². The topological polar surface area (TPSA) is 46.2 Å². The van der Waals surface area contributed by atoms with Gasteiger partial charge in [-0.05, 0) is 30.3 Å². The number of hydrogen-bond donors (Lipinski definition) is 1. The van der Waals surface area contributed by atoms with Crippen molar-refractivity contribution in [2.45, 2.75) is 4.90 Å². The number of halogens is 3. The molecule has 0 fully saturated rings. The second kappa shape index (κ2) is 6.56. The van der Waals surface area contributed by atoms with Gasteiger partial charge in [0.15, 0.2) is 0 Å². The normalized spacial score (nSPS) is 12.0. The van der Waals surface area contributed by atoms with Crippen molar-refractivity contribution in [1.29, 1.82) is 0 Å². The van der Waals surface area contributed by atoms with E-state index in [4.69, 9.17) is 23.2 Å². The summed E-state index contributed by atoms with van der Waals surface area (Å²) in [5, 5.41) is 2.87. The molecule has 0 saturated heterocycles. The van der Waals surface area contributed by atoms with Crippen molar-refractivity contribution < 1.29 is 13.4 Å². The van der Waals surface area contributed by atoms with Gasteiger partial charge < -0.3 is 5.32 Å². The molecule has 2 aromatic carbocycles. The fourth-order valence-electron chi connectivity index (χ4n) is 1.76. The van der Waals surface area contributed by atoms with Crippen LogP contribution in [0.2, 0.25) is 10.0 Å². The van der Waals surface area contributed by atoms with Crippen LogP contribution in [0.4, 0.5) is 10.1 Å². The van der Waals surface area contributed by atoms with Crippen LogP contribution in [0.3, 0.4) is 0 Å². The van der Waals surface area contributed by atoms with Gasteiger partial charge in [-0.1, -0.05) is 29.3 Å². The van der Waals surface area contributed by atoms with E-state index in [0.29, 0.717) is 15.6 Å². The molecule has 0 aliphatic heterocycles. The Morgan fingerprint density at radius 1 is 1.19 bits per heavy atom. The molecule has 1 N–H and O–H groups in total. The number of carbonyl (C=O) groups is 1. The van der Waals surface area contributed by atoms with Crippen molar-refractivity contribution in [3.05, 3.63) is 57.8 Å². The summed E-state index contributed by atoms with van der Waals surface area (Å²) in [6.07, 6.45) is 1.46. The fourth-order valence-corrected chi connectivity index (χ4v) is 3.29. The lowest BCUT2D eigenvalue weighted by molar-refractivity contribution is 0.102. The SMILES string of the molecule is C[S@@](=O)c1c(Cl)cccc1NC(=O)c1ccc(F)cc1Cl. The standard InChI is InChI=1S/C14H10Cl2FNO2S/c1-21(20)13-10(15)3-2-4-12(13)18-14(19)9-6-5-8(17)7-11(9)16/h2-7H,1H3,(H,18,19)/t21-/m1/s1. The molecule has 2 rings (SSSR count). The Kier molecular flexibility index (Phi) is 4.98. The molecule has 1 atom stereocenters. The van der Waals surface area contributed by atoms with Crippen LogP contribution >= 0.6 is 23.2 Å². The van der Waals surface area contributed by atoms with Crippen LogP contribution in [-0.4, -0.2) is 16.4 Å². The monoisotopic (exact) mass is 345 g/mol. The summed E-state index contributed by atoms with van der Waals surface area (Å²) in [5.74, 6) is -1.07. The maximum atomic E-state index is 13.0. The summed E-state index contributed by atoms with van der Waals surface area (Å²) in [7, 11) is -1.37. The summed E-state index contributed by atoms with van der Waals surface area (Å²) in [6.45, 7) is 0. The molecular weight excluding hydrogens is 336 g/mol. The van der Waals surface area contributed by atoms with Gasteiger partial charge in [0, 0.05) is 6.26 Å². The lowest BCUT2D eigenvalue weighted by atomic mass is 10.2. The number of rotatable bonds is 3. The first-order valence-corrected chi connectivity index (χ1v) is 8.10. The molecule has 0 heterocycles. The quantitative estimate of drug-likeness (QED) is 0.909. The van der Waals surface area contributed by atoms with Crippen LogP contribution in [0.15, 0.2) is 41.3 Å². The number of benzene rings is 2. The minimum Gasteiger partial charge on any atom is -0.321 e. The lowest BCUT2D eigenvalue weighted by Crippen LogP contribution is -2.14. The number of carbonyl (C=O) groups excluding carboxylic acids is 1. The first-order chi connectivity index (χ1) is 9.90. The molecule has 1 amide bonds. The van der Waals surface area contributed by atoms with Gasteiger partial charge in [-0.25, -0.2) is 4.39 Å². The maximum Gasteiger partial charge on any atom is 0.257 e. The molecule has 21 heavy (non-hydrogen) atoms. The highest BCUT2D eigenvalue weighted by atomic mass is 35.5. The summed E-state index contributed by atoms with van der Waals surface area (Å²) in [4.78, 5) is 12.5. The van der Waals surface area contributed by atoms with E-state index in [-0.39, 0.29) is 10.6 Å². The molecule has 0 aliphatic carbocycles. The zero-order valence-corrected chi connectivity index (χ0v) is 13.2. The summed E-state index contributed by atoms with van der Waals surface area (Å²) >= 11 is 11.8. The Balaban J connectivity index is 2.36. The van der Waals surface area contributed by atoms with Gasteiger partial charge in [-0.15, -0.1) is 0 Å². The zero-order chi connectivity index (χ0) is 15.6. The van der Waals surface area contributed by atoms with Crippen molar-refractivity contribution in [2.24, 2.45) is 0 Å². The largest absolute Gasteiger partial charge is 0.321 e. The van der Waals surface area contributed by atoms with Gasteiger partial charge >= 0.3 is 0 Å². The van der Waals surface area contributed by atoms with Gasteiger partial charge in [0.1, 0.15) is 5.82 Å². The second-order valence-corrected chi connectivity index (χ2v) is 6.28. The highest BCUT2D eigenvalue weighted by Crippen LogP contribution is 2.28. The molecule has 0 spiro atoms. The highest BCUT2D eigenvalue weighted by molar-refractivity contribution is 7.84. The predicted molar refractivity (Wildman–Crippen MR) is 83.1 cm³/mol. The van der Waals surface area contributed by atoms with E-state index in [1.165, 1.54) is 12.3 Å². The smallest absolute Gasteiger partial charge is 0.257 e. The molecular formula is C14H10Cl2FNO2S. The molecule has 2 aromatic rings. The van der Waals surface area contributed by atoms with Crippen molar-refractivity contribution in [3.63, 3.8) is 0 Å². The van der Waals surface area contributed by atoms with Crippen LogP contribution in [0.5, 0.6) is 0 Å². The van der Waals surface area contributed by atoms with E-state index in [1.807, 2.05) is 0 Å². The Labute approximate surface area is 133 Å². The first kappa shape index (κ1) is 15.9. The van der Waals surface area contributed by atoms with Gasteiger partial charge in [0.05, 0.1) is 37.0 Å². The van der Waals surface area contributed by atoms with E-state index < -0.39 is 22.5 Å². The third-order valence-corrected chi connectivity index (χ3v) is 4.43. The van der Waals surface area contributed by atoms with Crippen LogP contribution in [0, 0.1) is 5.82 Å². The van der Waals surface area contributed by atoms with E-state index in [0.717, 1.165) is 12.1 Å². The molecule has 110 valence electrons. The number of nitrogens with one attached hydrogen (secondary N) is 1. The minimum atomic E-state index is -1.37. The van der Waals surface area contributed by atoms with E-state index >= 15 is 0 Å². The van der Waals surface area contributed by atoms with Crippen molar-refractivity contribution >= 4 is 45.6 Å². The van der Waals surface area contributed by atoms with Crippen molar-refractivity contribution in [3.8, 4) is 0 Å². The Morgan fingerprint density at radius 3 is 2.52 bits per heavy atom. The Morgan fingerprint density at radius 2 is 1.90 bits per heavy atom. The molecule has 0 radical (unpaired) electrons. The fraction of sp³-hybridized carbons (Fsp3) is 0.0714. The van der Waals surface area contributed by atoms with Gasteiger partial charge in [-0.3, -0.25) is 9.00 Å². The highest BCUT2D eigenvalue weighted by Gasteiger charge is 2.16. The zero-order valence-electron chi connectivity index (χ0n) is 10.8. The van der Waals surface area contributed by atoms with E-state index in [9.17, 15) is 13.4 Å². The predicted octanol–water partition coefficient (Wildman–Crippen LogP) is 4.12. The van der Waals surface area contributed by atoms with Gasteiger partial charge in [0.25, 0.3) is 5.91 Å². The minimum absolute atomic E-state index is 0.00583. The number of hydrogen-bond acceptors (Lipinski definition) is 2. The number of amides is 1.